The molecule has 1 amide bonds. The van der Waals surface area contributed by atoms with Crippen LogP contribution in [0, 0.1) is 5.41 Å². The molecule has 1 fully saturated rings. The van der Waals surface area contributed by atoms with Gasteiger partial charge in [0.05, 0.1) is 11.0 Å². The Morgan fingerprint density at radius 3 is 2.83 bits per heavy atom. The van der Waals surface area contributed by atoms with Crippen LogP contribution in [-0.4, -0.2) is 50.0 Å². The van der Waals surface area contributed by atoms with E-state index in [1.165, 1.54) is 0 Å². The second-order valence-electron chi connectivity index (χ2n) is 5.48. The van der Waals surface area contributed by atoms with E-state index >= 15 is 0 Å². The molecule has 2 atom stereocenters. The SMILES string of the molecule is CCC1(C(=O)NCC(C)(O)CCOC)CCNC1. The van der Waals surface area contributed by atoms with Crippen LogP contribution >= 0.6 is 0 Å². The van der Waals surface area contributed by atoms with Gasteiger partial charge in [-0.15, -0.1) is 0 Å². The van der Waals surface area contributed by atoms with Crippen molar-refractivity contribution in [1.29, 1.82) is 0 Å². The Bertz CT molecular complexity index is 273. The van der Waals surface area contributed by atoms with E-state index in [0.29, 0.717) is 13.0 Å². The van der Waals surface area contributed by atoms with Crippen LogP contribution in [0.15, 0.2) is 0 Å². The Hall–Kier alpha value is -0.650. The first-order valence-electron chi connectivity index (χ1n) is 6.66. The molecule has 0 saturated carbocycles. The van der Waals surface area contributed by atoms with Gasteiger partial charge < -0.3 is 20.5 Å². The maximum atomic E-state index is 12.2. The summed E-state index contributed by atoms with van der Waals surface area (Å²) in [4.78, 5) is 12.2. The molecule has 1 rings (SSSR count). The van der Waals surface area contributed by atoms with Crippen molar-refractivity contribution in [3.05, 3.63) is 0 Å². The van der Waals surface area contributed by atoms with Crippen molar-refractivity contribution in [1.82, 2.24) is 10.6 Å². The molecule has 5 heteroatoms. The van der Waals surface area contributed by atoms with Crippen LogP contribution in [0.3, 0.4) is 0 Å². The van der Waals surface area contributed by atoms with Crippen LogP contribution in [0.25, 0.3) is 0 Å². The van der Waals surface area contributed by atoms with Crippen molar-refractivity contribution >= 4 is 5.91 Å². The van der Waals surface area contributed by atoms with Gasteiger partial charge in [-0.3, -0.25) is 4.79 Å². The number of carbonyl (C=O) groups excluding carboxylic acids is 1. The highest BCUT2D eigenvalue weighted by atomic mass is 16.5. The lowest BCUT2D eigenvalue weighted by Crippen LogP contribution is -2.48. The van der Waals surface area contributed by atoms with E-state index in [0.717, 1.165) is 25.9 Å². The van der Waals surface area contributed by atoms with Crippen LogP contribution in [0.5, 0.6) is 0 Å². The van der Waals surface area contributed by atoms with E-state index in [4.69, 9.17) is 4.74 Å². The van der Waals surface area contributed by atoms with Crippen LogP contribution in [0.1, 0.15) is 33.1 Å². The fraction of sp³-hybridized carbons (Fsp3) is 0.923. The van der Waals surface area contributed by atoms with Crippen molar-refractivity contribution in [2.45, 2.75) is 38.7 Å². The van der Waals surface area contributed by atoms with Crippen LogP contribution in [-0.2, 0) is 9.53 Å². The molecule has 0 aromatic rings. The summed E-state index contributed by atoms with van der Waals surface area (Å²) in [7, 11) is 1.60. The Morgan fingerprint density at radius 1 is 1.61 bits per heavy atom. The summed E-state index contributed by atoms with van der Waals surface area (Å²) in [5.41, 5.74) is -1.20. The summed E-state index contributed by atoms with van der Waals surface area (Å²) in [6.07, 6.45) is 2.21. The minimum absolute atomic E-state index is 0.0488. The van der Waals surface area contributed by atoms with E-state index in [-0.39, 0.29) is 17.9 Å². The highest BCUT2D eigenvalue weighted by Gasteiger charge is 2.39. The molecule has 0 aliphatic carbocycles. The number of hydrogen-bond donors (Lipinski definition) is 3. The number of aliphatic hydroxyl groups is 1. The minimum Gasteiger partial charge on any atom is -0.388 e. The zero-order valence-corrected chi connectivity index (χ0v) is 11.7. The van der Waals surface area contributed by atoms with Gasteiger partial charge >= 0.3 is 0 Å². The average Bonchev–Trinajstić information content (AvgIpc) is 2.83. The van der Waals surface area contributed by atoms with Gasteiger partial charge in [0.1, 0.15) is 0 Å². The monoisotopic (exact) mass is 258 g/mol. The Balaban J connectivity index is 2.44. The number of amides is 1. The topological polar surface area (TPSA) is 70.6 Å². The van der Waals surface area contributed by atoms with Gasteiger partial charge in [-0.1, -0.05) is 6.92 Å². The van der Waals surface area contributed by atoms with Gasteiger partial charge in [-0.25, -0.2) is 0 Å². The first-order valence-corrected chi connectivity index (χ1v) is 6.66. The van der Waals surface area contributed by atoms with Gasteiger partial charge in [-0.05, 0) is 26.3 Å². The third-order valence-corrected chi connectivity index (χ3v) is 3.88. The molecule has 0 aromatic heterocycles. The number of carbonyl (C=O) groups is 1. The highest BCUT2D eigenvalue weighted by molar-refractivity contribution is 5.83. The van der Waals surface area contributed by atoms with Gasteiger partial charge in [0.15, 0.2) is 0 Å². The highest BCUT2D eigenvalue weighted by Crippen LogP contribution is 2.29. The summed E-state index contributed by atoms with van der Waals surface area (Å²) >= 11 is 0. The molecule has 1 heterocycles. The van der Waals surface area contributed by atoms with Crippen molar-refractivity contribution in [2.75, 3.05) is 33.4 Å². The van der Waals surface area contributed by atoms with E-state index in [1.54, 1.807) is 14.0 Å². The summed E-state index contributed by atoms with van der Waals surface area (Å²) in [6, 6.07) is 0. The average molecular weight is 258 g/mol. The lowest BCUT2D eigenvalue weighted by molar-refractivity contribution is -0.131. The lowest BCUT2D eigenvalue weighted by Gasteiger charge is -2.29. The quantitative estimate of drug-likeness (QED) is 0.613. The molecule has 1 aliphatic rings. The molecule has 2 unspecified atom stereocenters. The van der Waals surface area contributed by atoms with Gasteiger partial charge in [0.2, 0.25) is 5.91 Å². The number of hydrogen-bond acceptors (Lipinski definition) is 4. The maximum Gasteiger partial charge on any atom is 0.227 e. The third-order valence-electron chi connectivity index (χ3n) is 3.88. The number of rotatable bonds is 7. The number of nitrogens with one attached hydrogen (secondary N) is 2. The zero-order valence-electron chi connectivity index (χ0n) is 11.7. The molecule has 3 N–H and O–H groups in total. The van der Waals surface area contributed by atoms with E-state index in [2.05, 4.69) is 10.6 Å². The molecule has 0 aromatic carbocycles. The fourth-order valence-electron chi connectivity index (χ4n) is 2.27. The second-order valence-corrected chi connectivity index (χ2v) is 5.48. The third kappa shape index (κ3) is 3.93. The standard InChI is InChI=1S/C13H26N2O3/c1-4-13(5-7-14-10-13)11(16)15-9-12(2,17)6-8-18-3/h14,17H,4-10H2,1-3H3,(H,15,16). The largest absolute Gasteiger partial charge is 0.388 e. The van der Waals surface area contributed by atoms with Crippen molar-refractivity contribution in [3.63, 3.8) is 0 Å². The van der Waals surface area contributed by atoms with Gasteiger partial charge in [0.25, 0.3) is 0 Å². The molecule has 106 valence electrons. The van der Waals surface area contributed by atoms with E-state index < -0.39 is 5.60 Å². The Kier molecular flexibility index (Phi) is 5.56. The van der Waals surface area contributed by atoms with Crippen molar-refractivity contribution in [2.24, 2.45) is 5.41 Å². The van der Waals surface area contributed by atoms with Crippen molar-refractivity contribution in [3.8, 4) is 0 Å². The predicted molar refractivity (Wildman–Crippen MR) is 70.3 cm³/mol. The number of ether oxygens (including phenoxy) is 1. The van der Waals surface area contributed by atoms with Crippen molar-refractivity contribution < 1.29 is 14.6 Å². The molecule has 1 saturated heterocycles. The minimum atomic E-state index is -0.910. The van der Waals surface area contributed by atoms with Crippen LogP contribution in [0.2, 0.25) is 0 Å². The first kappa shape index (κ1) is 15.4. The molecule has 5 nitrogen and oxygen atoms in total. The number of methoxy groups -OCH3 is 1. The van der Waals surface area contributed by atoms with E-state index in [9.17, 15) is 9.90 Å². The summed E-state index contributed by atoms with van der Waals surface area (Å²) in [5, 5.41) is 16.2. The maximum absolute atomic E-state index is 12.2. The normalized spacial score (nSPS) is 26.9. The molecule has 0 spiro atoms. The Labute approximate surface area is 109 Å². The molecule has 0 bridgehead atoms. The van der Waals surface area contributed by atoms with Gasteiger partial charge in [-0.2, -0.15) is 0 Å². The first-order chi connectivity index (χ1) is 8.46. The summed E-state index contributed by atoms with van der Waals surface area (Å²) < 4.78 is 4.94. The summed E-state index contributed by atoms with van der Waals surface area (Å²) in [6.45, 7) is 6.14. The zero-order chi connectivity index (χ0) is 13.6. The molecule has 18 heavy (non-hydrogen) atoms. The van der Waals surface area contributed by atoms with E-state index in [1.807, 2.05) is 6.92 Å². The van der Waals surface area contributed by atoms with Crippen LogP contribution < -0.4 is 10.6 Å². The molecule has 0 radical (unpaired) electrons. The fourth-order valence-corrected chi connectivity index (χ4v) is 2.27. The Morgan fingerprint density at radius 2 is 2.33 bits per heavy atom. The second kappa shape index (κ2) is 6.50. The smallest absolute Gasteiger partial charge is 0.227 e. The molecular formula is C13H26N2O3. The summed E-state index contributed by atoms with van der Waals surface area (Å²) in [5.74, 6) is 0.0488. The van der Waals surface area contributed by atoms with Crippen LogP contribution in [0.4, 0.5) is 0 Å². The predicted octanol–water partition coefficient (Wildman–Crippen LogP) is 0.280. The molecule has 1 aliphatic heterocycles. The van der Waals surface area contributed by atoms with Gasteiger partial charge in [0, 0.05) is 33.2 Å². The lowest BCUT2D eigenvalue weighted by atomic mass is 9.83. The molecular weight excluding hydrogens is 232 g/mol.